The van der Waals surface area contributed by atoms with Crippen molar-refractivity contribution in [2.45, 2.75) is 198 Å². The standard InChI is InChI=1S/C43H79N9O10/c1-4-6-8-9-10-11-12-13-14-15-16-17-18-19-20-22-38(57)47-27-39(58)48-35(28-53)42(61)50-33(23-24-37(46)56)40(59)51-34(25-31(45)26-44)41(60)52-36(29-54)43(62)49-32(30(3)55)21-7-5-2/h26,31-36,44,53-54H,4-25,27-29,45H2,1-3H3,(H2,46,56)(H,47,57)(H,48,58)(H,49,62)(H,50,61)(H,51,59)(H,52,60)/t31?,32-,33+,34-,35-,36-/m0/s1. The predicted molar refractivity (Wildman–Crippen MR) is 236 cm³/mol. The molecule has 13 N–H and O–H groups in total. The van der Waals surface area contributed by atoms with Gasteiger partial charge in [0.25, 0.3) is 0 Å². The summed E-state index contributed by atoms with van der Waals surface area (Å²) < 4.78 is 0. The zero-order chi connectivity index (χ0) is 46.7. The number of amides is 7. The minimum atomic E-state index is -1.58. The van der Waals surface area contributed by atoms with Gasteiger partial charge in [0.05, 0.1) is 25.8 Å². The zero-order valence-electron chi connectivity index (χ0n) is 37.5. The maximum atomic E-state index is 13.5. The molecule has 0 aliphatic rings. The van der Waals surface area contributed by atoms with E-state index in [0.29, 0.717) is 19.3 Å². The van der Waals surface area contributed by atoms with Crippen LogP contribution in [0.4, 0.5) is 0 Å². The van der Waals surface area contributed by atoms with Crippen molar-refractivity contribution < 1.29 is 48.6 Å². The molecule has 1 unspecified atom stereocenters. The first-order valence-electron chi connectivity index (χ1n) is 22.7. The summed E-state index contributed by atoms with van der Waals surface area (Å²) in [7, 11) is 0. The minimum absolute atomic E-state index is 0.225. The number of aliphatic hydroxyl groups is 2. The molecule has 7 amide bonds. The number of Topliss-reactive ketones (excluding diaryl/α,β-unsaturated/α-hetero) is 1. The largest absolute Gasteiger partial charge is 0.394 e. The van der Waals surface area contributed by atoms with Gasteiger partial charge in [0.1, 0.15) is 24.2 Å². The Labute approximate surface area is 368 Å². The number of carbonyl (C=O) groups excluding carboxylic acids is 8. The zero-order valence-corrected chi connectivity index (χ0v) is 37.5. The highest BCUT2D eigenvalue weighted by Crippen LogP contribution is 2.14. The fourth-order valence-electron chi connectivity index (χ4n) is 6.56. The van der Waals surface area contributed by atoms with E-state index in [1.165, 1.54) is 77.6 Å². The minimum Gasteiger partial charge on any atom is -0.394 e. The van der Waals surface area contributed by atoms with E-state index < -0.39 is 97.9 Å². The molecule has 19 nitrogen and oxygen atoms in total. The average molecular weight is 882 g/mol. The van der Waals surface area contributed by atoms with Gasteiger partial charge in [-0.2, -0.15) is 0 Å². The van der Waals surface area contributed by atoms with Gasteiger partial charge in [-0.05, 0) is 32.6 Å². The van der Waals surface area contributed by atoms with Crippen LogP contribution in [0.3, 0.4) is 0 Å². The summed E-state index contributed by atoms with van der Waals surface area (Å²) in [5.74, 6) is -6.20. The van der Waals surface area contributed by atoms with Gasteiger partial charge in [-0.3, -0.25) is 38.4 Å². The summed E-state index contributed by atoms with van der Waals surface area (Å²) in [4.78, 5) is 102. The van der Waals surface area contributed by atoms with Crippen LogP contribution in [-0.2, 0) is 38.4 Å². The van der Waals surface area contributed by atoms with E-state index in [1.807, 2.05) is 6.92 Å². The number of hydrogen-bond acceptors (Lipinski definition) is 12. The molecule has 0 rings (SSSR count). The Kier molecular flexibility index (Phi) is 33.4. The molecule has 0 bridgehead atoms. The lowest BCUT2D eigenvalue weighted by Crippen LogP contribution is -2.60. The lowest BCUT2D eigenvalue weighted by Gasteiger charge is -2.27. The van der Waals surface area contributed by atoms with E-state index in [1.54, 1.807) is 0 Å². The number of hydrogen-bond donors (Lipinski definition) is 11. The van der Waals surface area contributed by atoms with E-state index in [9.17, 15) is 48.6 Å². The number of ketones is 1. The second kappa shape index (κ2) is 36.0. The first-order valence-corrected chi connectivity index (χ1v) is 22.7. The number of rotatable bonds is 39. The van der Waals surface area contributed by atoms with Crippen LogP contribution in [0.25, 0.3) is 0 Å². The monoisotopic (exact) mass is 882 g/mol. The summed E-state index contributed by atoms with van der Waals surface area (Å²) >= 11 is 0. The second-order valence-electron chi connectivity index (χ2n) is 16.0. The Hall–Kier alpha value is -4.49. The molecule has 0 aromatic carbocycles. The summed E-state index contributed by atoms with van der Waals surface area (Å²) in [6, 6.07) is -8.13. The van der Waals surface area contributed by atoms with Gasteiger partial charge >= 0.3 is 0 Å². The highest BCUT2D eigenvalue weighted by Gasteiger charge is 2.33. The third kappa shape index (κ3) is 28.2. The van der Waals surface area contributed by atoms with Crippen molar-refractivity contribution in [1.82, 2.24) is 31.9 Å². The van der Waals surface area contributed by atoms with Crippen LogP contribution in [0.1, 0.15) is 162 Å². The molecule has 0 aromatic heterocycles. The molecule has 0 radical (unpaired) electrons. The normalized spacial score (nSPS) is 13.9. The topological polar surface area (TPSA) is 325 Å². The van der Waals surface area contributed by atoms with Crippen molar-refractivity contribution in [1.29, 1.82) is 5.41 Å². The molecule has 0 aliphatic heterocycles. The molecule has 0 aromatic rings. The first-order chi connectivity index (χ1) is 29.6. The summed E-state index contributed by atoms with van der Waals surface area (Å²) in [5.41, 5.74) is 11.2. The van der Waals surface area contributed by atoms with Crippen LogP contribution in [0.2, 0.25) is 0 Å². The molecule has 0 fully saturated rings. The Bertz CT molecular complexity index is 1370. The molecule has 0 spiro atoms. The van der Waals surface area contributed by atoms with E-state index in [0.717, 1.165) is 31.9 Å². The highest BCUT2D eigenvalue weighted by atomic mass is 16.3. The molecular weight excluding hydrogens is 803 g/mol. The van der Waals surface area contributed by atoms with Crippen LogP contribution >= 0.6 is 0 Å². The Morgan fingerprint density at radius 3 is 1.42 bits per heavy atom. The van der Waals surface area contributed by atoms with Crippen molar-refractivity contribution in [2.24, 2.45) is 11.5 Å². The average Bonchev–Trinajstić information content (AvgIpc) is 3.24. The van der Waals surface area contributed by atoms with Crippen molar-refractivity contribution in [3.8, 4) is 0 Å². The van der Waals surface area contributed by atoms with Gasteiger partial charge < -0.3 is 59.0 Å². The van der Waals surface area contributed by atoms with Crippen LogP contribution in [-0.4, -0.2) is 120 Å². The highest BCUT2D eigenvalue weighted by molar-refractivity contribution is 5.97. The summed E-state index contributed by atoms with van der Waals surface area (Å²) in [6.45, 7) is 3.18. The maximum Gasteiger partial charge on any atom is 0.245 e. The molecule has 356 valence electrons. The SMILES string of the molecule is CCCCCCCCCCCCCCCCCC(=O)NCC(=O)N[C@@H](CO)C(=O)N[C@H](CCC(N)=O)C(=O)N[C@@H](CC(N)C=N)C(=O)N[C@@H](CO)C(=O)N[C@@H](CCCC)C(C)=O. The molecule has 0 saturated carbocycles. The second-order valence-corrected chi connectivity index (χ2v) is 16.0. The number of nitrogens with two attached hydrogens (primary N) is 2. The Morgan fingerprint density at radius 2 is 0.952 bits per heavy atom. The van der Waals surface area contributed by atoms with Gasteiger partial charge in [0, 0.05) is 25.1 Å². The molecule has 19 heteroatoms. The Morgan fingerprint density at radius 1 is 0.532 bits per heavy atom. The van der Waals surface area contributed by atoms with Gasteiger partial charge in [0.2, 0.25) is 41.4 Å². The van der Waals surface area contributed by atoms with Gasteiger partial charge in [0.15, 0.2) is 5.78 Å². The van der Waals surface area contributed by atoms with Crippen molar-refractivity contribution in [3.63, 3.8) is 0 Å². The number of nitrogens with one attached hydrogen (secondary N) is 7. The lowest BCUT2D eigenvalue weighted by molar-refractivity contribution is -0.136. The van der Waals surface area contributed by atoms with Crippen molar-refractivity contribution in [2.75, 3.05) is 19.8 Å². The third-order valence-corrected chi connectivity index (χ3v) is 10.4. The molecule has 6 atom stereocenters. The van der Waals surface area contributed by atoms with E-state index in [-0.39, 0.29) is 31.0 Å². The molecular formula is C43H79N9O10. The maximum absolute atomic E-state index is 13.5. The van der Waals surface area contributed by atoms with E-state index in [4.69, 9.17) is 16.9 Å². The molecule has 0 saturated heterocycles. The van der Waals surface area contributed by atoms with Gasteiger partial charge in [-0.15, -0.1) is 0 Å². The fraction of sp³-hybridized carbons (Fsp3) is 0.791. The molecule has 62 heavy (non-hydrogen) atoms. The number of unbranched alkanes of at least 4 members (excludes halogenated alkanes) is 15. The lowest BCUT2D eigenvalue weighted by atomic mass is 10.0. The van der Waals surface area contributed by atoms with Crippen LogP contribution < -0.4 is 43.4 Å². The quantitative estimate of drug-likeness (QED) is 0.0308. The van der Waals surface area contributed by atoms with Gasteiger partial charge in [-0.25, -0.2) is 0 Å². The summed E-state index contributed by atoms with van der Waals surface area (Å²) in [6.07, 6.45) is 19.5. The van der Waals surface area contributed by atoms with Gasteiger partial charge in [-0.1, -0.05) is 117 Å². The molecule has 0 aliphatic carbocycles. The van der Waals surface area contributed by atoms with Crippen LogP contribution in [0.15, 0.2) is 0 Å². The molecule has 0 heterocycles. The fourth-order valence-corrected chi connectivity index (χ4v) is 6.56. The van der Waals surface area contributed by atoms with Crippen LogP contribution in [0.5, 0.6) is 0 Å². The predicted octanol–water partition coefficient (Wildman–Crippen LogP) is 1.18. The van der Waals surface area contributed by atoms with E-state index in [2.05, 4.69) is 38.8 Å². The first kappa shape index (κ1) is 57.5. The smallest absolute Gasteiger partial charge is 0.245 e. The number of aliphatic hydroxyl groups excluding tert-OH is 2. The van der Waals surface area contributed by atoms with E-state index >= 15 is 0 Å². The van der Waals surface area contributed by atoms with Crippen molar-refractivity contribution in [3.05, 3.63) is 0 Å². The number of carbonyl (C=O) groups is 8. The van der Waals surface area contributed by atoms with Crippen molar-refractivity contribution >= 4 is 53.3 Å². The van der Waals surface area contributed by atoms with Crippen LogP contribution in [0, 0.1) is 5.41 Å². The third-order valence-electron chi connectivity index (χ3n) is 10.4. The number of primary amides is 1. The summed E-state index contributed by atoms with van der Waals surface area (Å²) in [5, 5.41) is 41.6. The Balaban J connectivity index is 5.16.